The summed E-state index contributed by atoms with van der Waals surface area (Å²) in [7, 11) is 3.14. The van der Waals surface area contributed by atoms with Gasteiger partial charge in [0.25, 0.3) is 11.8 Å². The van der Waals surface area contributed by atoms with Crippen LogP contribution < -0.4 is 9.64 Å². The van der Waals surface area contributed by atoms with Crippen LogP contribution in [0.1, 0.15) is 17.5 Å². The molecule has 2 amide bonds. The molecule has 2 heterocycles. The van der Waals surface area contributed by atoms with Gasteiger partial charge in [0.15, 0.2) is 0 Å². The highest BCUT2D eigenvalue weighted by Gasteiger charge is 2.40. The summed E-state index contributed by atoms with van der Waals surface area (Å²) in [6, 6.07) is 15.3. The topological polar surface area (TPSA) is 49.9 Å². The monoisotopic (exact) mass is 348 g/mol. The summed E-state index contributed by atoms with van der Waals surface area (Å²) in [5, 5.41) is 0. The van der Waals surface area contributed by atoms with Crippen LogP contribution >= 0.6 is 0 Å². The van der Waals surface area contributed by atoms with Gasteiger partial charge in [0, 0.05) is 19.3 Å². The molecule has 0 spiro atoms. The molecule has 2 aliphatic rings. The minimum absolute atomic E-state index is 0.252. The Morgan fingerprint density at radius 3 is 2.42 bits per heavy atom. The van der Waals surface area contributed by atoms with Crippen LogP contribution in [-0.4, -0.2) is 37.4 Å². The molecule has 0 radical (unpaired) electrons. The number of hydrogen-bond acceptors (Lipinski definition) is 4. The average Bonchev–Trinajstić information content (AvgIpc) is 2.91. The quantitative estimate of drug-likeness (QED) is 0.801. The van der Waals surface area contributed by atoms with E-state index < -0.39 is 0 Å². The highest BCUT2D eigenvalue weighted by atomic mass is 16.5. The number of amides is 2. The van der Waals surface area contributed by atoms with E-state index in [0.717, 1.165) is 30.6 Å². The number of ether oxygens (including phenoxy) is 1. The summed E-state index contributed by atoms with van der Waals surface area (Å²) >= 11 is 0. The van der Waals surface area contributed by atoms with Gasteiger partial charge in [-0.25, -0.2) is 0 Å². The number of likely N-dealkylation sites (N-methyl/N-ethyl adjacent to an activating group) is 1. The molecule has 0 fully saturated rings. The summed E-state index contributed by atoms with van der Waals surface area (Å²) in [5.41, 5.74) is 3.87. The molecular formula is C21H20N2O3. The van der Waals surface area contributed by atoms with Crippen molar-refractivity contribution in [1.29, 1.82) is 0 Å². The van der Waals surface area contributed by atoms with Crippen LogP contribution in [0.5, 0.6) is 5.75 Å². The van der Waals surface area contributed by atoms with Crippen molar-refractivity contribution in [2.75, 3.05) is 25.6 Å². The molecule has 5 heteroatoms. The van der Waals surface area contributed by atoms with Crippen LogP contribution in [0.15, 0.2) is 54.2 Å². The van der Waals surface area contributed by atoms with Gasteiger partial charge in [-0.05, 0) is 42.2 Å². The minimum Gasteiger partial charge on any atom is -0.497 e. The summed E-state index contributed by atoms with van der Waals surface area (Å²) in [6.45, 7) is 0.721. The van der Waals surface area contributed by atoms with Gasteiger partial charge in [-0.15, -0.1) is 0 Å². The molecule has 2 aromatic rings. The van der Waals surface area contributed by atoms with Gasteiger partial charge in [0.05, 0.1) is 12.7 Å². The van der Waals surface area contributed by atoms with E-state index in [2.05, 4.69) is 6.07 Å². The maximum absolute atomic E-state index is 12.9. The van der Waals surface area contributed by atoms with E-state index in [0.29, 0.717) is 17.0 Å². The van der Waals surface area contributed by atoms with E-state index in [9.17, 15) is 9.59 Å². The zero-order valence-corrected chi connectivity index (χ0v) is 14.9. The fourth-order valence-corrected chi connectivity index (χ4v) is 3.66. The SMILES string of the molecule is COc1ccc(C2=C(N3CCCc4ccccc43)C(=O)N(C)C2=O)cc1. The number of anilines is 1. The lowest BCUT2D eigenvalue weighted by molar-refractivity contribution is -0.135. The van der Waals surface area contributed by atoms with Crippen LogP contribution in [-0.2, 0) is 16.0 Å². The molecule has 0 N–H and O–H groups in total. The Labute approximate surface area is 152 Å². The number of para-hydroxylation sites is 1. The molecule has 0 aliphatic carbocycles. The second kappa shape index (κ2) is 6.33. The Kier molecular flexibility index (Phi) is 3.99. The van der Waals surface area contributed by atoms with Gasteiger partial charge in [-0.2, -0.15) is 0 Å². The molecule has 0 atom stereocenters. The largest absolute Gasteiger partial charge is 0.497 e. The number of imide groups is 1. The van der Waals surface area contributed by atoms with Gasteiger partial charge in [0.2, 0.25) is 0 Å². The van der Waals surface area contributed by atoms with Crippen molar-refractivity contribution in [2.24, 2.45) is 0 Å². The van der Waals surface area contributed by atoms with Gasteiger partial charge >= 0.3 is 0 Å². The second-order valence-corrected chi connectivity index (χ2v) is 6.51. The molecule has 0 saturated heterocycles. The Hall–Kier alpha value is -3.08. The number of carbonyl (C=O) groups excluding carboxylic acids is 2. The lowest BCUT2D eigenvalue weighted by Crippen LogP contribution is -2.35. The lowest BCUT2D eigenvalue weighted by Gasteiger charge is -2.31. The normalized spacial score (nSPS) is 17.0. The molecule has 0 saturated carbocycles. The predicted octanol–water partition coefficient (Wildman–Crippen LogP) is 2.86. The van der Waals surface area contributed by atoms with E-state index in [-0.39, 0.29) is 11.8 Å². The van der Waals surface area contributed by atoms with E-state index in [4.69, 9.17) is 4.74 Å². The number of nitrogens with zero attached hydrogens (tertiary/aromatic N) is 2. The minimum atomic E-state index is -0.266. The summed E-state index contributed by atoms with van der Waals surface area (Å²) in [6.07, 6.45) is 1.93. The van der Waals surface area contributed by atoms with Gasteiger partial charge in [-0.1, -0.05) is 30.3 Å². The van der Waals surface area contributed by atoms with E-state index in [1.54, 1.807) is 19.2 Å². The number of fused-ring (bicyclic) bond motifs is 1. The fraction of sp³-hybridized carbons (Fsp3) is 0.238. The molecule has 132 valence electrons. The van der Waals surface area contributed by atoms with E-state index >= 15 is 0 Å². The van der Waals surface area contributed by atoms with Crippen molar-refractivity contribution in [3.63, 3.8) is 0 Å². The Morgan fingerprint density at radius 2 is 1.69 bits per heavy atom. The maximum atomic E-state index is 12.9. The maximum Gasteiger partial charge on any atom is 0.277 e. The first-order valence-corrected chi connectivity index (χ1v) is 8.68. The standard InChI is InChI=1S/C21H20N2O3/c1-22-20(24)18(15-9-11-16(26-2)12-10-15)19(21(22)25)23-13-5-7-14-6-3-4-8-17(14)23/h3-4,6,8-12H,5,7,13H2,1-2H3. The number of methoxy groups -OCH3 is 1. The first kappa shape index (κ1) is 16.4. The molecule has 0 bridgehead atoms. The molecule has 4 rings (SSSR count). The van der Waals surface area contributed by atoms with Crippen molar-refractivity contribution < 1.29 is 14.3 Å². The molecule has 2 aliphatic heterocycles. The highest BCUT2D eigenvalue weighted by molar-refractivity contribution is 6.36. The van der Waals surface area contributed by atoms with E-state index in [1.807, 2.05) is 35.2 Å². The van der Waals surface area contributed by atoms with Crippen LogP contribution in [0.2, 0.25) is 0 Å². The van der Waals surface area contributed by atoms with Crippen molar-refractivity contribution in [1.82, 2.24) is 4.90 Å². The molecular weight excluding hydrogens is 328 g/mol. The van der Waals surface area contributed by atoms with Crippen molar-refractivity contribution in [2.45, 2.75) is 12.8 Å². The number of carbonyl (C=O) groups is 2. The lowest BCUT2D eigenvalue weighted by atomic mass is 9.98. The average molecular weight is 348 g/mol. The Morgan fingerprint density at radius 1 is 0.962 bits per heavy atom. The third-order valence-electron chi connectivity index (χ3n) is 5.02. The fourth-order valence-electron chi connectivity index (χ4n) is 3.66. The molecule has 26 heavy (non-hydrogen) atoms. The Balaban J connectivity index is 1.88. The number of rotatable bonds is 3. The van der Waals surface area contributed by atoms with Crippen LogP contribution in [0.3, 0.4) is 0 Å². The van der Waals surface area contributed by atoms with Crippen LogP contribution in [0, 0.1) is 0 Å². The van der Waals surface area contributed by atoms with Gasteiger partial charge in [-0.3, -0.25) is 14.5 Å². The number of hydrogen-bond donors (Lipinski definition) is 0. The molecule has 0 unspecified atom stereocenters. The van der Waals surface area contributed by atoms with Crippen LogP contribution in [0.4, 0.5) is 5.69 Å². The third kappa shape index (κ3) is 2.47. The second-order valence-electron chi connectivity index (χ2n) is 6.51. The Bertz CT molecular complexity index is 915. The smallest absolute Gasteiger partial charge is 0.277 e. The summed E-state index contributed by atoms with van der Waals surface area (Å²) in [5.74, 6) is 0.195. The van der Waals surface area contributed by atoms with Crippen molar-refractivity contribution >= 4 is 23.1 Å². The summed E-state index contributed by atoms with van der Waals surface area (Å²) in [4.78, 5) is 28.9. The highest BCUT2D eigenvalue weighted by Crippen LogP contribution is 2.37. The van der Waals surface area contributed by atoms with Gasteiger partial charge < -0.3 is 9.64 Å². The van der Waals surface area contributed by atoms with Crippen LogP contribution in [0.25, 0.3) is 5.57 Å². The first-order chi connectivity index (χ1) is 12.6. The van der Waals surface area contributed by atoms with Gasteiger partial charge in [0.1, 0.15) is 11.4 Å². The summed E-state index contributed by atoms with van der Waals surface area (Å²) < 4.78 is 5.20. The number of aryl methyl sites for hydroxylation is 1. The predicted molar refractivity (Wildman–Crippen MR) is 99.8 cm³/mol. The zero-order chi connectivity index (χ0) is 18.3. The third-order valence-corrected chi connectivity index (χ3v) is 5.02. The molecule has 5 nitrogen and oxygen atoms in total. The molecule has 2 aromatic carbocycles. The van der Waals surface area contributed by atoms with Crippen molar-refractivity contribution in [3.05, 3.63) is 65.4 Å². The van der Waals surface area contributed by atoms with Crippen molar-refractivity contribution in [3.8, 4) is 5.75 Å². The first-order valence-electron chi connectivity index (χ1n) is 8.68. The van der Waals surface area contributed by atoms with E-state index in [1.165, 1.54) is 17.5 Å². The zero-order valence-electron chi connectivity index (χ0n) is 14.9. The number of benzene rings is 2. The molecule has 0 aromatic heterocycles.